The summed E-state index contributed by atoms with van der Waals surface area (Å²) in [5.74, 6) is -2.45. The standard InChI is InChI=1S/C12H12BrClN2O5/c13-6-1-2-7(14)9(5-6)16-12(21)15-8(11(19)20)3-4-10(17)18/h1-2,5,8H,3-4H2,(H,17,18)(H,19,20)(H2,15,16,21)/t8-/m0/s1. The van der Waals surface area contributed by atoms with Gasteiger partial charge in [-0.15, -0.1) is 0 Å². The Bertz CT molecular complexity index is 567. The zero-order valence-electron chi connectivity index (χ0n) is 10.6. The summed E-state index contributed by atoms with van der Waals surface area (Å²) in [5.41, 5.74) is 0.297. The first-order valence-electron chi connectivity index (χ1n) is 5.76. The third kappa shape index (κ3) is 6.01. The molecule has 0 saturated carbocycles. The minimum atomic E-state index is -1.31. The van der Waals surface area contributed by atoms with Gasteiger partial charge in [-0.05, 0) is 24.6 Å². The molecule has 0 bridgehead atoms. The van der Waals surface area contributed by atoms with Gasteiger partial charge < -0.3 is 20.8 Å². The molecule has 7 nitrogen and oxygen atoms in total. The average Bonchev–Trinajstić information content (AvgIpc) is 2.38. The summed E-state index contributed by atoms with van der Waals surface area (Å²) in [5, 5.41) is 22.3. The van der Waals surface area contributed by atoms with Crippen molar-refractivity contribution in [3.05, 3.63) is 27.7 Å². The first-order chi connectivity index (χ1) is 9.79. The Morgan fingerprint density at radius 3 is 2.52 bits per heavy atom. The summed E-state index contributed by atoms with van der Waals surface area (Å²) in [6.07, 6.45) is -0.584. The molecule has 0 aromatic heterocycles. The fourth-order valence-corrected chi connectivity index (χ4v) is 1.96. The number of rotatable bonds is 6. The molecule has 1 rings (SSSR count). The molecule has 4 N–H and O–H groups in total. The van der Waals surface area contributed by atoms with Gasteiger partial charge in [-0.1, -0.05) is 27.5 Å². The topological polar surface area (TPSA) is 116 Å². The lowest BCUT2D eigenvalue weighted by molar-refractivity contribution is -0.140. The van der Waals surface area contributed by atoms with Gasteiger partial charge in [-0.2, -0.15) is 0 Å². The SMILES string of the molecule is O=C(O)CC[C@H](NC(=O)Nc1cc(Br)ccc1Cl)C(=O)O. The van der Waals surface area contributed by atoms with Gasteiger partial charge in [0.1, 0.15) is 6.04 Å². The van der Waals surface area contributed by atoms with Crippen LogP contribution >= 0.6 is 27.5 Å². The largest absolute Gasteiger partial charge is 0.481 e. The highest BCUT2D eigenvalue weighted by Gasteiger charge is 2.21. The first kappa shape index (κ1) is 17.3. The van der Waals surface area contributed by atoms with Crippen LogP contribution in [-0.2, 0) is 9.59 Å². The molecule has 0 fully saturated rings. The second kappa shape index (κ2) is 7.84. The van der Waals surface area contributed by atoms with Crippen molar-refractivity contribution in [1.82, 2.24) is 5.32 Å². The Morgan fingerprint density at radius 2 is 1.95 bits per heavy atom. The van der Waals surface area contributed by atoms with E-state index in [1.807, 2.05) is 0 Å². The molecule has 0 aliphatic carbocycles. The van der Waals surface area contributed by atoms with Crippen LogP contribution in [0.3, 0.4) is 0 Å². The van der Waals surface area contributed by atoms with Gasteiger partial charge in [-0.25, -0.2) is 9.59 Å². The van der Waals surface area contributed by atoms with Gasteiger partial charge >= 0.3 is 18.0 Å². The summed E-state index contributed by atoms with van der Waals surface area (Å²) < 4.78 is 0.683. The number of carbonyl (C=O) groups excluding carboxylic acids is 1. The predicted octanol–water partition coefficient (Wildman–Crippen LogP) is 2.54. The number of carbonyl (C=O) groups is 3. The van der Waals surface area contributed by atoms with Gasteiger partial charge in [0, 0.05) is 10.9 Å². The van der Waals surface area contributed by atoms with Gasteiger partial charge in [0.15, 0.2) is 0 Å². The van der Waals surface area contributed by atoms with Crippen LogP contribution in [0.15, 0.2) is 22.7 Å². The average molecular weight is 380 g/mol. The molecule has 9 heteroatoms. The highest BCUT2D eigenvalue weighted by molar-refractivity contribution is 9.10. The third-order valence-corrected chi connectivity index (χ3v) is 3.25. The highest BCUT2D eigenvalue weighted by atomic mass is 79.9. The van der Waals surface area contributed by atoms with Crippen LogP contribution in [0.25, 0.3) is 0 Å². The van der Waals surface area contributed by atoms with Crippen molar-refractivity contribution in [3.8, 4) is 0 Å². The minimum Gasteiger partial charge on any atom is -0.481 e. The lowest BCUT2D eigenvalue weighted by Gasteiger charge is -2.15. The Labute approximate surface area is 133 Å². The lowest BCUT2D eigenvalue weighted by Crippen LogP contribution is -2.43. The van der Waals surface area contributed by atoms with E-state index in [9.17, 15) is 14.4 Å². The fraction of sp³-hybridized carbons (Fsp3) is 0.250. The molecule has 0 saturated heterocycles. The van der Waals surface area contributed by atoms with Crippen LogP contribution < -0.4 is 10.6 Å². The zero-order valence-corrected chi connectivity index (χ0v) is 12.9. The van der Waals surface area contributed by atoms with Gasteiger partial charge in [0.25, 0.3) is 0 Å². The van der Waals surface area contributed by atoms with Crippen LogP contribution in [-0.4, -0.2) is 34.2 Å². The Morgan fingerprint density at radius 1 is 1.29 bits per heavy atom. The number of aliphatic carboxylic acids is 2. The van der Waals surface area contributed by atoms with Crippen LogP contribution in [0.4, 0.5) is 10.5 Å². The maximum atomic E-state index is 11.7. The maximum Gasteiger partial charge on any atom is 0.326 e. The van der Waals surface area contributed by atoms with E-state index in [0.29, 0.717) is 10.2 Å². The molecule has 2 amide bonds. The van der Waals surface area contributed by atoms with Crippen molar-refractivity contribution in [2.75, 3.05) is 5.32 Å². The maximum absolute atomic E-state index is 11.7. The van der Waals surface area contributed by atoms with Crippen LogP contribution in [0.5, 0.6) is 0 Å². The summed E-state index contributed by atoms with van der Waals surface area (Å²) in [4.78, 5) is 33.1. The van der Waals surface area contributed by atoms with E-state index in [4.69, 9.17) is 21.8 Å². The Hall–Kier alpha value is -1.80. The van der Waals surface area contributed by atoms with Crippen molar-refractivity contribution in [1.29, 1.82) is 0 Å². The van der Waals surface area contributed by atoms with Gasteiger partial charge in [0.05, 0.1) is 10.7 Å². The molecule has 1 atom stereocenters. The van der Waals surface area contributed by atoms with E-state index in [1.54, 1.807) is 18.2 Å². The Kier molecular flexibility index (Phi) is 6.44. The molecule has 0 radical (unpaired) electrons. The number of urea groups is 1. The summed E-state index contributed by atoms with van der Waals surface area (Å²) in [6.45, 7) is 0. The summed E-state index contributed by atoms with van der Waals surface area (Å²) >= 11 is 9.10. The number of amides is 2. The highest BCUT2D eigenvalue weighted by Crippen LogP contribution is 2.25. The second-order valence-corrected chi connectivity index (χ2v) is 5.37. The van der Waals surface area contributed by atoms with Crippen molar-refractivity contribution in [2.24, 2.45) is 0 Å². The molecular formula is C12H12BrClN2O5. The molecule has 21 heavy (non-hydrogen) atoms. The quantitative estimate of drug-likeness (QED) is 0.606. The first-order valence-corrected chi connectivity index (χ1v) is 6.94. The number of hydrogen-bond acceptors (Lipinski definition) is 3. The number of benzene rings is 1. The third-order valence-electron chi connectivity index (χ3n) is 2.43. The number of anilines is 1. The molecular weight excluding hydrogens is 367 g/mol. The number of hydrogen-bond donors (Lipinski definition) is 4. The minimum absolute atomic E-state index is 0.218. The Balaban J connectivity index is 2.67. The molecule has 0 spiro atoms. The van der Waals surface area contributed by atoms with E-state index in [0.717, 1.165) is 0 Å². The van der Waals surface area contributed by atoms with E-state index in [-0.39, 0.29) is 17.9 Å². The fourth-order valence-electron chi connectivity index (χ4n) is 1.44. The van der Waals surface area contributed by atoms with E-state index >= 15 is 0 Å². The van der Waals surface area contributed by atoms with E-state index in [1.165, 1.54) is 0 Å². The van der Waals surface area contributed by atoms with Crippen molar-refractivity contribution < 1.29 is 24.6 Å². The van der Waals surface area contributed by atoms with Crippen molar-refractivity contribution >= 4 is 51.2 Å². The molecule has 1 aromatic carbocycles. The molecule has 0 aliphatic rings. The smallest absolute Gasteiger partial charge is 0.326 e. The zero-order chi connectivity index (χ0) is 16.0. The number of carboxylic acids is 2. The number of nitrogens with one attached hydrogen (secondary N) is 2. The summed E-state index contributed by atoms with van der Waals surface area (Å²) in [6, 6.07) is 2.70. The van der Waals surface area contributed by atoms with Crippen molar-refractivity contribution in [3.63, 3.8) is 0 Å². The molecule has 1 aromatic rings. The van der Waals surface area contributed by atoms with Crippen LogP contribution in [0.2, 0.25) is 5.02 Å². The number of halogens is 2. The monoisotopic (exact) mass is 378 g/mol. The normalized spacial score (nSPS) is 11.5. The molecule has 0 heterocycles. The van der Waals surface area contributed by atoms with E-state index < -0.39 is 24.0 Å². The van der Waals surface area contributed by atoms with Crippen LogP contribution in [0, 0.1) is 0 Å². The van der Waals surface area contributed by atoms with Crippen LogP contribution in [0.1, 0.15) is 12.8 Å². The molecule has 0 aliphatic heterocycles. The predicted molar refractivity (Wildman–Crippen MR) is 79.6 cm³/mol. The van der Waals surface area contributed by atoms with Crippen molar-refractivity contribution in [2.45, 2.75) is 18.9 Å². The second-order valence-electron chi connectivity index (χ2n) is 4.05. The number of carboxylic acid groups (broad SMARTS) is 2. The molecule has 114 valence electrons. The lowest BCUT2D eigenvalue weighted by atomic mass is 10.1. The molecule has 0 unspecified atom stereocenters. The van der Waals surface area contributed by atoms with E-state index in [2.05, 4.69) is 26.6 Å². The van der Waals surface area contributed by atoms with Gasteiger partial charge in [0.2, 0.25) is 0 Å². The summed E-state index contributed by atoms with van der Waals surface area (Å²) in [7, 11) is 0. The van der Waals surface area contributed by atoms with Gasteiger partial charge in [-0.3, -0.25) is 4.79 Å².